The van der Waals surface area contributed by atoms with Gasteiger partial charge in [0.05, 0.1) is 11.7 Å². The maximum atomic E-state index is 10.2. The van der Waals surface area contributed by atoms with Crippen molar-refractivity contribution in [1.29, 1.82) is 0 Å². The largest absolute Gasteiger partial charge is 0.392 e. The van der Waals surface area contributed by atoms with Crippen molar-refractivity contribution >= 4 is 5.96 Å². The summed E-state index contributed by atoms with van der Waals surface area (Å²) in [6.45, 7) is 3.40. The first-order valence-corrected chi connectivity index (χ1v) is 7.82. The SMILES string of the molecule is CN=C(NCC1(O)CCC1)NCC1(C)CCCCC1O. The molecule has 116 valence electrons. The predicted octanol–water partition coefficient (Wildman–Crippen LogP) is 1.01. The number of hydrogen-bond donors (Lipinski definition) is 4. The minimum absolute atomic E-state index is 0.0801. The molecule has 2 saturated carbocycles. The molecule has 0 saturated heterocycles. The van der Waals surface area contributed by atoms with Crippen LogP contribution >= 0.6 is 0 Å². The number of guanidine groups is 1. The van der Waals surface area contributed by atoms with E-state index in [2.05, 4.69) is 22.5 Å². The van der Waals surface area contributed by atoms with Crippen molar-refractivity contribution in [3.05, 3.63) is 0 Å². The number of aliphatic hydroxyl groups is 2. The molecule has 0 radical (unpaired) electrons. The third-order valence-corrected chi connectivity index (χ3v) is 5.03. The Morgan fingerprint density at radius 3 is 2.40 bits per heavy atom. The highest BCUT2D eigenvalue weighted by molar-refractivity contribution is 5.79. The van der Waals surface area contributed by atoms with Crippen LogP contribution in [0.15, 0.2) is 4.99 Å². The molecule has 2 aliphatic carbocycles. The van der Waals surface area contributed by atoms with Crippen LogP contribution in [0.5, 0.6) is 0 Å². The second-order valence-corrected chi connectivity index (χ2v) is 6.77. The zero-order chi connectivity index (χ0) is 14.6. The quantitative estimate of drug-likeness (QED) is 0.459. The van der Waals surface area contributed by atoms with E-state index in [0.717, 1.165) is 38.5 Å². The highest BCUT2D eigenvalue weighted by Crippen LogP contribution is 2.35. The topological polar surface area (TPSA) is 76.9 Å². The van der Waals surface area contributed by atoms with E-state index in [9.17, 15) is 10.2 Å². The minimum Gasteiger partial charge on any atom is -0.392 e. The van der Waals surface area contributed by atoms with Crippen LogP contribution in [0.25, 0.3) is 0 Å². The van der Waals surface area contributed by atoms with E-state index >= 15 is 0 Å². The van der Waals surface area contributed by atoms with Crippen molar-refractivity contribution in [2.75, 3.05) is 20.1 Å². The molecule has 5 nitrogen and oxygen atoms in total. The van der Waals surface area contributed by atoms with Gasteiger partial charge in [0.15, 0.2) is 5.96 Å². The summed E-state index contributed by atoms with van der Waals surface area (Å²) in [5.74, 6) is 0.712. The first-order valence-electron chi connectivity index (χ1n) is 7.82. The van der Waals surface area contributed by atoms with Crippen molar-refractivity contribution < 1.29 is 10.2 Å². The highest BCUT2D eigenvalue weighted by Gasteiger charge is 2.36. The lowest BCUT2D eigenvalue weighted by atomic mass is 9.73. The van der Waals surface area contributed by atoms with Crippen LogP contribution in [-0.2, 0) is 0 Å². The van der Waals surface area contributed by atoms with E-state index in [1.807, 2.05) is 0 Å². The average molecular weight is 283 g/mol. The zero-order valence-corrected chi connectivity index (χ0v) is 12.8. The summed E-state index contributed by atoms with van der Waals surface area (Å²) in [5, 5.41) is 26.7. The summed E-state index contributed by atoms with van der Waals surface area (Å²) in [6.07, 6.45) is 6.84. The van der Waals surface area contributed by atoms with Crippen LogP contribution in [0.3, 0.4) is 0 Å². The number of aliphatic hydroxyl groups excluding tert-OH is 1. The van der Waals surface area contributed by atoms with Crippen LogP contribution in [-0.4, -0.2) is 48.0 Å². The molecule has 0 heterocycles. The third-order valence-electron chi connectivity index (χ3n) is 5.03. The Morgan fingerprint density at radius 2 is 1.85 bits per heavy atom. The average Bonchev–Trinajstić information content (AvgIpc) is 2.40. The van der Waals surface area contributed by atoms with Crippen molar-refractivity contribution in [2.45, 2.75) is 63.6 Å². The van der Waals surface area contributed by atoms with Gasteiger partial charge in [-0.25, -0.2) is 0 Å². The molecular formula is C15H29N3O2. The Balaban J connectivity index is 1.78. The lowest BCUT2D eigenvalue weighted by Crippen LogP contribution is -2.53. The zero-order valence-electron chi connectivity index (χ0n) is 12.8. The maximum absolute atomic E-state index is 10.2. The van der Waals surface area contributed by atoms with E-state index in [1.165, 1.54) is 6.42 Å². The van der Waals surface area contributed by atoms with Gasteiger partial charge < -0.3 is 20.8 Å². The maximum Gasteiger partial charge on any atom is 0.191 e. The molecule has 2 fully saturated rings. The number of nitrogens with one attached hydrogen (secondary N) is 2. The van der Waals surface area contributed by atoms with Crippen molar-refractivity contribution in [1.82, 2.24) is 10.6 Å². The first-order chi connectivity index (χ1) is 9.47. The summed E-state index contributed by atoms with van der Waals surface area (Å²) in [4.78, 5) is 4.19. The molecule has 4 N–H and O–H groups in total. The van der Waals surface area contributed by atoms with E-state index in [0.29, 0.717) is 19.0 Å². The fourth-order valence-corrected chi connectivity index (χ4v) is 3.10. The number of hydrogen-bond acceptors (Lipinski definition) is 3. The standard InChI is InChI=1S/C15H29N3O2/c1-14(7-4-3-6-12(14)19)10-17-13(16-2)18-11-15(20)8-5-9-15/h12,19-20H,3-11H2,1-2H3,(H2,16,17,18). The Labute approximate surface area is 121 Å². The van der Waals surface area contributed by atoms with Crippen molar-refractivity contribution in [2.24, 2.45) is 10.4 Å². The molecular weight excluding hydrogens is 254 g/mol. The molecule has 0 amide bonds. The summed E-state index contributed by atoms with van der Waals surface area (Å²) in [6, 6.07) is 0. The molecule has 2 atom stereocenters. The Bertz CT molecular complexity index is 355. The van der Waals surface area contributed by atoms with Gasteiger partial charge in [0.25, 0.3) is 0 Å². The van der Waals surface area contributed by atoms with Gasteiger partial charge in [-0.05, 0) is 32.1 Å². The van der Waals surface area contributed by atoms with E-state index in [-0.39, 0.29) is 11.5 Å². The normalized spacial score (nSPS) is 33.4. The van der Waals surface area contributed by atoms with Gasteiger partial charge in [-0.15, -0.1) is 0 Å². The van der Waals surface area contributed by atoms with Gasteiger partial charge in [-0.1, -0.05) is 19.8 Å². The van der Waals surface area contributed by atoms with E-state index in [1.54, 1.807) is 7.05 Å². The van der Waals surface area contributed by atoms with Crippen molar-refractivity contribution in [3.63, 3.8) is 0 Å². The summed E-state index contributed by atoms with van der Waals surface area (Å²) in [5.41, 5.74) is -0.630. The van der Waals surface area contributed by atoms with E-state index in [4.69, 9.17) is 0 Å². The monoisotopic (exact) mass is 283 g/mol. The molecule has 0 spiro atoms. The van der Waals surface area contributed by atoms with Gasteiger partial charge in [0.2, 0.25) is 0 Å². The van der Waals surface area contributed by atoms with Gasteiger partial charge >= 0.3 is 0 Å². The van der Waals surface area contributed by atoms with Gasteiger partial charge in [0.1, 0.15) is 0 Å². The number of rotatable bonds is 4. The number of nitrogens with zero attached hydrogens (tertiary/aromatic N) is 1. The molecule has 0 aromatic rings. The molecule has 0 bridgehead atoms. The Kier molecular flexibility index (Phi) is 4.91. The second-order valence-electron chi connectivity index (χ2n) is 6.77. The Morgan fingerprint density at radius 1 is 1.15 bits per heavy atom. The Hall–Kier alpha value is -0.810. The van der Waals surface area contributed by atoms with E-state index < -0.39 is 5.60 Å². The van der Waals surface area contributed by atoms with Crippen LogP contribution < -0.4 is 10.6 Å². The molecule has 0 aromatic carbocycles. The van der Waals surface area contributed by atoms with Crippen LogP contribution in [0.2, 0.25) is 0 Å². The lowest BCUT2D eigenvalue weighted by molar-refractivity contribution is -0.0281. The molecule has 2 aliphatic rings. The van der Waals surface area contributed by atoms with Gasteiger partial charge in [-0.3, -0.25) is 4.99 Å². The highest BCUT2D eigenvalue weighted by atomic mass is 16.3. The molecule has 5 heteroatoms. The first kappa shape index (κ1) is 15.6. The molecule has 2 unspecified atom stereocenters. The van der Waals surface area contributed by atoms with Crippen molar-refractivity contribution in [3.8, 4) is 0 Å². The smallest absolute Gasteiger partial charge is 0.191 e. The third kappa shape index (κ3) is 3.64. The second kappa shape index (κ2) is 6.31. The van der Waals surface area contributed by atoms with Crippen LogP contribution in [0.4, 0.5) is 0 Å². The summed E-state index contributed by atoms with van der Waals surface area (Å²) >= 11 is 0. The van der Waals surface area contributed by atoms with Crippen LogP contribution in [0.1, 0.15) is 51.9 Å². The van der Waals surface area contributed by atoms with Crippen LogP contribution in [0, 0.1) is 5.41 Å². The molecule has 2 rings (SSSR count). The fraction of sp³-hybridized carbons (Fsp3) is 0.933. The molecule has 0 aromatic heterocycles. The van der Waals surface area contributed by atoms with Gasteiger partial charge in [-0.2, -0.15) is 0 Å². The fourth-order valence-electron chi connectivity index (χ4n) is 3.10. The lowest BCUT2D eigenvalue weighted by Gasteiger charge is -2.39. The summed E-state index contributed by atoms with van der Waals surface area (Å²) < 4.78 is 0. The number of aliphatic imine (C=N–C) groups is 1. The van der Waals surface area contributed by atoms with Gasteiger partial charge in [0, 0.05) is 25.6 Å². The molecule has 0 aliphatic heterocycles. The predicted molar refractivity (Wildman–Crippen MR) is 80.7 cm³/mol. The summed E-state index contributed by atoms with van der Waals surface area (Å²) in [7, 11) is 1.74. The molecule has 20 heavy (non-hydrogen) atoms. The minimum atomic E-state index is -0.550.